The van der Waals surface area contributed by atoms with Gasteiger partial charge in [0.25, 0.3) is 0 Å². The number of thioether (sulfide) groups is 2. The number of carbonyl (C=O) groups is 1. The Hall–Kier alpha value is -4.34. The van der Waals surface area contributed by atoms with Gasteiger partial charge in [-0.25, -0.2) is 14.7 Å². The van der Waals surface area contributed by atoms with Crippen LogP contribution >= 0.6 is 23.5 Å². The van der Waals surface area contributed by atoms with Crippen LogP contribution in [0.25, 0.3) is 17.1 Å². The predicted octanol–water partition coefficient (Wildman–Crippen LogP) is 8.33. The fourth-order valence-electron chi connectivity index (χ4n) is 5.57. The van der Waals surface area contributed by atoms with Crippen molar-refractivity contribution in [2.45, 2.75) is 79.1 Å². The van der Waals surface area contributed by atoms with Crippen LogP contribution in [0, 0.1) is 12.8 Å². The van der Waals surface area contributed by atoms with Gasteiger partial charge in [0.2, 0.25) is 5.91 Å². The molecule has 1 aliphatic rings. The molecule has 1 saturated heterocycles. The number of anilines is 1. The molecular formula is C38H44F3N7O3S2. The molecule has 2 heterocycles. The molecule has 4 aromatic rings. The van der Waals surface area contributed by atoms with E-state index in [1.165, 1.54) is 65.7 Å². The van der Waals surface area contributed by atoms with Gasteiger partial charge < -0.3 is 15.2 Å². The van der Waals surface area contributed by atoms with Crippen molar-refractivity contribution < 1.29 is 27.8 Å². The number of carbonyl (C=O) groups excluding carboxylic acids is 1. The maximum absolute atomic E-state index is 12.5. The highest BCUT2D eigenvalue weighted by Crippen LogP contribution is 2.40. The van der Waals surface area contributed by atoms with E-state index in [-0.39, 0.29) is 17.6 Å². The molecule has 15 heteroatoms. The number of aromatic nitrogens is 3. The Balaban J connectivity index is 1.40. The van der Waals surface area contributed by atoms with Crippen molar-refractivity contribution in [2.24, 2.45) is 15.9 Å². The third-order valence-electron chi connectivity index (χ3n) is 8.04. The quantitative estimate of drug-likeness (QED) is 0.116. The predicted molar refractivity (Wildman–Crippen MR) is 208 cm³/mol. The van der Waals surface area contributed by atoms with Gasteiger partial charge in [-0.1, -0.05) is 87.6 Å². The van der Waals surface area contributed by atoms with E-state index in [9.17, 15) is 23.1 Å². The second kappa shape index (κ2) is 16.8. The molecule has 0 aliphatic carbocycles. The summed E-state index contributed by atoms with van der Waals surface area (Å²) in [7, 11) is 0. The van der Waals surface area contributed by atoms with E-state index >= 15 is 0 Å². The summed E-state index contributed by atoms with van der Waals surface area (Å²) in [6.45, 7) is 13.8. The lowest BCUT2D eigenvalue weighted by atomic mass is 9.98. The lowest BCUT2D eigenvalue weighted by Crippen LogP contribution is -2.46. The van der Waals surface area contributed by atoms with Crippen molar-refractivity contribution in [1.82, 2.24) is 20.1 Å². The van der Waals surface area contributed by atoms with E-state index in [4.69, 9.17) is 9.98 Å². The molecule has 1 aromatic heterocycles. The Morgan fingerprint density at radius 2 is 1.79 bits per heavy atom. The molecular weight excluding hydrogens is 724 g/mol. The van der Waals surface area contributed by atoms with E-state index in [2.05, 4.69) is 66.0 Å². The minimum absolute atomic E-state index is 0.223. The molecule has 53 heavy (non-hydrogen) atoms. The molecule has 0 spiro atoms. The number of aryl methyl sites for hydroxylation is 1. The Kier molecular flexibility index (Phi) is 12.6. The first kappa shape index (κ1) is 39.9. The normalized spacial score (nSPS) is 17.9. The van der Waals surface area contributed by atoms with Crippen LogP contribution in [-0.4, -0.2) is 65.9 Å². The summed E-state index contributed by atoms with van der Waals surface area (Å²) >= 11 is 2.98. The molecule has 1 amide bonds. The van der Waals surface area contributed by atoms with Crippen molar-refractivity contribution >= 4 is 45.5 Å². The Bertz CT molecular complexity index is 1940. The van der Waals surface area contributed by atoms with Crippen LogP contribution in [-0.2, 0) is 11.2 Å². The van der Waals surface area contributed by atoms with E-state index in [1.54, 1.807) is 6.92 Å². The molecule has 10 nitrogen and oxygen atoms in total. The maximum atomic E-state index is 12.5. The molecule has 3 aromatic carbocycles. The van der Waals surface area contributed by atoms with E-state index in [1.807, 2.05) is 36.1 Å². The average molecular weight is 768 g/mol. The van der Waals surface area contributed by atoms with Crippen molar-refractivity contribution in [3.05, 3.63) is 89.7 Å². The van der Waals surface area contributed by atoms with E-state index in [0.717, 1.165) is 33.7 Å². The zero-order valence-corrected chi connectivity index (χ0v) is 32.3. The molecule has 0 saturated carbocycles. The van der Waals surface area contributed by atoms with Gasteiger partial charge in [-0.3, -0.25) is 9.69 Å². The number of nitrogens with zero attached hydrogens (tertiary/aromatic N) is 6. The fraction of sp³-hybridized carbons (Fsp3) is 0.395. The van der Waals surface area contributed by atoms with Gasteiger partial charge in [-0.05, 0) is 72.7 Å². The standard InChI is InChI=1S/C38H44F3N7O3S2/c1-23(2)20-52-35(45-36-48(37(7,50)21-53-36)32-18-25(5)8-17-31(32)24(3)4)44-33(43-26(6)49)19-27-9-11-28(12-10-27)34-42-22-47(46-34)29-13-15-30(16-14-29)51-38(39,40)41/h8-18,22-24,33,50H,19-21H2,1-7H3,(H,43,49). The van der Waals surface area contributed by atoms with Crippen LogP contribution in [0.1, 0.15) is 64.2 Å². The molecule has 0 radical (unpaired) electrons. The summed E-state index contributed by atoms with van der Waals surface area (Å²) in [5.41, 5.74) is 4.07. The lowest BCUT2D eigenvalue weighted by Gasteiger charge is -2.33. The average Bonchev–Trinajstić information content (AvgIpc) is 3.67. The van der Waals surface area contributed by atoms with E-state index < -0.39 is 18.3 Å². The molecule has 1 aliphatic heterocycles. The lowest BCUT2D eigenvalue weighted by molar-refractivity contribution is -0.274. The highest BCUT2D eigenvalue weighted by molar-refractivity contribution is 8.15. The van der Waals surface area contributed by atoms with Gasteiger partial charge in [0.1, 0.15) is 18.2 Å². The van der Waals surface area contributed by atoms with Crippen LogP contribution < -0.4 is 15.0 Å². The minimum atomic E-state index is -4.77. The monoisotopic (exact) mass is 767 g/mol. The number of nitrogens with one attached hydrogen (secondary N) is 1. The van der Waals surface area contributed by atoms with E-state index in [0.29, 0.717) is 39.9 Å². The summed E-state index contributed by atoms with van der Waals surface area (Å²) in [6, 6.07) is 19.2. The van der Waals surface area contributed by atoms with Gasteiger partial charge in [-0.15, -0.1) is 18.3 Å². The van der Waals surface area contributed by atoms with Crippen molar-refractivity contribution in [2.75, 3.05) is 16.4 Å². The number of halogens is 3. The molecule has 1 fully saturated rings. The van der Waals surface area contributed by atoms with Crippen molar-refractivity contribution in [1.29, 1.82) is 0 Å². The van der Waals surface area contributed by atoms with Crippen LogP contribution in [0.5, 0.6) is 5.75 Å². The molecule has 2 atom stereocenters. The van der Waals surface area contributed by atoms with Gasteiger partial charge in [0.15, 0.2) is 21.9 Å². The maximum Gasteiger partial charge on any atom is 0.573 e. The second-order valence-electron chi connectivity index (χ2n) is 13.7. The fourth-order valence-corrected chi connectivity index (χ4v) is 7.57. The number of aliphatic imine (C=N–C) groups is 2. The van der Waals surface area contributed by atoms with Crippen LogP contribution in [0.15, 0.2) is 83.0 Å². The number of alkyl halides is 3. The third-order valence-corrected chi connectivity index (χ3v) is 10.5. The minimum Gasteiger partial charge on any atom is -0.406 e. The number of hydrogen-bond acceptors (Lipinski definition) is 8. The summed E-state index contributed by atoms with van der Waals surface area (Å²) in [5.74, 6) is 1.63. The first-order valence-electron chi connectivity index (χ1n) is 17.2. The number of ether oxygens (including phenoxy) is 1. The number of hydrogen-bond donors (Lipinski definition) is 2. The van der Waals surface area contributed by atoms with Crippen molar-refractivity contribution in [3.8, 4) is 22.8 Å². The smallest absolute Gasteiger partial charge is 0.406 e. The third kappa shape index (κ3) is 10.9. The van der Waals surface area contributed by atoms with Crippen LogP contribution in [0.3, 0.4) is 0 Å². The number of amidine groups is 2. The number of amides is 1. The highest BCUT2D eigenvalue weighted by Gasteiger charge is 2.42. The summed E-state index contributed by atoms with van der Waals surface area (Å²) in [4.78, 5) is 28.7. The molecule has 0 bridgehead atoms. The van der Waals surface area contributed by atoms with Gasteiger partial charge in [0, 0.05) is 36.1 Å². The molecule has 2 N–H and O–H groups in total. The zero-order valence-electron chi connectivity index (χ0n) is 30.7. The largest absolute Gasteiger partial charge is 0.573 e. The summed E-state index contributed by atoms with van der Waals surface area (Å²) in [6.07, 6.45) is -3.53. The second-order valence-corrected chi connectivity index (χ2v) is 15.7. The summed E-state index contributed by atoms with van der Waals surface area (Å²) in [5, 5.41) is 20.2. The highest BCUT2D eigenvalue weighted by atomic mass is 32.2. The molecule has 5 rings (SSSR count). The number of rotatable bonds is 11. The number of benzene rings is 3. The van der Waals surface area contributed by atoms with Crippen LogP contribution in [0.4, 0.5) is 18.9 Å². The first-order valence-corrected chi connectivity index (χ1v) is 19.1. The molecule has 2 unspecified atom stereocenters. The first-order chi connectivity index (χ1) is 25.0. The Morgan fingerprint density at radius 3 is 2.42 bits per heavy atom. The topological polar surface area (TPSA) is 117 Å². The Labute approximate surface area is 316 Å². The van der Waals surface area contributed by atoms with Crippen molar-refractivity contribution in [3.63, 3.8) is 0 Å². The van der Waals surface area contributed by atoms with Gasteiger partial charge in [0.05, 0.1) is 5.69 Å². The number of aliphatic hydroxyl groups is 1. The SMILES string of the molecule is CC(=O)NC(Cc1ccc(-c2ncn(-c3ccc(OC(F)(F)F)cc3)n2)cc1)N=C(N=C1SCC(C)(O)N1c1cc(C)ccc1C(C)C)SCC(C)C. The molecule has 282 valence electrons. The van der Waals surface area contributed by atoms with Crippen LogP contribution in [0.2, 0.25) is 0 Å². The summed E-state index contributed by atoms with van der Waals surface area (Å²) < 4.78 is 43.0. The Morgan fingerprint density at radius 1 is 1.09 bits per heavy atom. The van der Waals surface area contributed by atoms with Gasteiger partial charge in [-0.2, -0.15) is 4.99 Å². The zero-order chi connectivity index (χ0) is 38.5. The van der Waals surface area contributed by atoms with Gasteiger partial charge >= 0.3 is 6.36 Å².